The van der Waals surface area contributed by atoms with Crippen molar-refractivity contribution >= 4 is 16.9 Å². The number of para-hydroxylation sites is 1. The smallest absolute Gasteiger partial charge is 0.255 e. The van der Waals surface area contributed by atoms with Crippen molar-refractivity contribution in [2.45, 2.75) is 33.7 Å². The number of nitrogens with one attached hydrogen (secondary N) is 1. The monoisotopic (exact) mass is 297 g/mol. The Kier molecular flexibility index (Phi) is 3.53. The first-order valence-corrected chi connectivity index (χ1v) is 7.33. The molecule has 1 amide bonds. The van der Waals surface area contributed by atoms with E-state index in [1.165, 1.54) is 0 Å². The zero-order valence-electron chi connectivity index (χ0n) is 13.2. The third-order valence-corrected chi connectivity index (χ3v) is 4.01. The van der Waals surface area contributed by atoms with Crippen LogP contribution in [0.5, 0.6) is 0 Å². The van der Waals surface area contributed by atoms with Crippen LogP contribution in [0.1, 0.15) is 46.2 Å². The Bertz CT molecular complexity index is 808. The van der Waals surface area contributed by atoms with Crippen molar-refractivity contribution in [3.05, 3.63) is 58.7 Å². The molecule has 0 radical (unpaired) electrons. The third kappa shape index (κ3) is 2.41. The number of carbonyl (C=O) groups is 1. The number of hydrogen-bond donors (Lipinski definition) is 1. The maximum Gasteiger partial charge on any atom is 0.255 e. The lowest BCUT2D eigenvalue weighted by Gasteiger charge is -2.11. The Labute approximate surface area is 129 Å². The fraction of sp³-hybridized carbons (Fsp3) is 0.278. The van der Waals surface area contributed by atoms with E-state index < -0.39 is 0 Å². The number of benzene rings is 1. The van der Waals surface area contributed by atoms with Gasteiger partial charge in [0.25, 0.3) is 5.91 Å². The Morgan fingerprint density at radius 3 is 2.45 bits per heavy atom. The van der Waals surface area contributed by atoms with E-state index in [1.807, 2.05) is 51.1 Å². The fourth-order valence-electron chi connectivity index (χ4n) is 2.68. The molecule has 3 rings (SSSR count). The van der Waals surface area contributed by atoms with Gasteiger partial charge in [0.05, 0.1) is 11.6 Å². The second-order valence-electron chi connectivity index (χ2n) is 5.60. The molecule has 0 bridgehead atoms. The number of aryl methyl sites for hydroxylation is 2. The molecule has 4 heteroatoms. The van der Waals surface area contributed by atoms with Gasteiger partial charge in [0.15, 0.2) is 0 Å². The normalized spacial score (nSPS) is 12.5. The van der Waals surface area contributed by atoms with E-state index in [0.717, 1.165) is 28.1 Å². The second kappa shape index (κ2) is 5.37. The first kappa shape index (κ1) is 14.4. The van der Waals surface area contributed by atoms with E-state index in [0.29, 0.717) is 11.3 Å². The van der Waals surface area contributed by atoms with Gasteiger partial charge in [-0.1, -0.05) is 18.2 Å². The predicted octanol–water partition coefficient (Wildman–Crippen LogP) is 4.44. The van der Waals surface area contributed by atoms with Gasteiger partial charge in [-0.3, -0.25) is 4.79 Å². The van der Waals surface area contributed by atoms with Crippen LogP contribution in [0.2, 0.25) is 0 Å². The number of fused-ring (bicyclic) bond motifs is 1. The molecule has 22 heavy (non-hydrogen) atoms. The Balaban J connectivity index is 1.84. The second-order valence-corrected chi connectivity index (χ2v) is 5.60. The summed E-state index contributed by atoms with van der Waals surface area (Å²) in [4.78, 5) is 12.5. The molecule has 1 aromatic carbocycles. The number of furan rings is 2. The van der Waals surface area contributed by atoms with Crippen LogP contribution in [0, 0.1) is 20.8 Å². The van der Waals surface area contributed by atoms with Crippen molar-refractivity contribution in [2.75, 3.05) is 0 Å². The van der Waals surface area contributed by atoms with Crippen LogP contribution in [0.15, 0.2) is 39.2 Å². The average Bonchev–Trinajstić information content (AvgIpc) is 3.00. The molecule has 114 valence electrons. The van der Waals surface area contributed by atoms with Crippen LogP contribution in [-0.2, 0) is 0 Å². The standard InChI is InChI=1S/C18H19NO3/c1-10-12(3)21-13(4)17(10)18(20)19-11(2)16-9-14-7-5-6-8-15(14)22-16/h5-9,11H,1-4H3,(H,19,20). The molecule has 0 aliphatic heterocycles. The quantitative estimate of drug-likeness (QED) is 0.777. The van der Waals surface area contributed by atoms with Crippen LogP contribution in [-0.4, -0.2) is 5.91 Å². The summed E-state index contributed by atoms with van der Waals surface area (Å²) < 4.78 is 11.3. The van der Waals surface area contributed by atoms with Crippen LogP contribution >= 0.6 is 0 Å². The fourth-order valence-corrected chi connectivity index (χ4v) is 2.68. The van der Waals surface area contributed by atoms with E-state index >= 15 is 0 Å². The Morgan fingerprint density at radius 1 is 1.09 bits per heavy atom. The molecule has 1 unspecified atom stereocenters. The molecule has 4 nitrogen and oxygen atoms in total. The molecule has 1 atom stereocenters. The first-order chi connectivity index (χ1) is 10.5. The van der Waals surface area contributed by atoms with Crippen molar-refractivity contribution in [3.8, 4) is 0 Å². The van der Waals surface area contributed by atoms with E-state index in [4.69, 9.17) is 8.83 Å². The minimum absolute atomic E-state index is 0.139. The zero-order valence-corrected chi connectivity index (χ0v) is 13.2. The van der Waals surface area contributed by atoms with E-state index in [9.17, 15) is 4.79 Å². The Hall–Kier alpha value is -2.49. The lowest BCUT2D eigenvalue weighted by atomic mass is 10.1. The lowest BCUT2D eigenvalue weighted by Crippen LogP contribution is -2.27. The van der Waals surface area contributed by atoms with Crippen LogP contribution in [0.25, 0.3) is 11.0 Å². The highest BCUT2D eigenvalue weighted by Gasteiger charge is 2.21. The molecule has 0 saturated heterocycles. The molecule has 0 fully saturated rings. The van der Waals surface area contributed by atoms with Crippen molar-refractivity contribution in [2.24, 2.45) is 0 Å². The molecule has 3 aromatic rings. The number of hydrogen-bond acceptors (Lipinski definition) is 3. The molecule has 2 aromatic heterocycles. The van der Waals surface area contributed by atoms with Gasteiger partial charge < -0.3 is 14.2 Å². The van der Waals surface area contributed by atoms with Gasteiger partial charge in [0.2, 0.25) is 0 Å². The van der Waals surface area contributed by atoms with Gasteiger partial charge >= 0.3 is 0 Å². The largest absolute Gasteiger partial charge is 0.466 e. The summed E-state index contributed by atoms with van der Waals surface area (Å²) in [7, 11) is 0. The predicted molar refractivity (Wildman–Crippen MR) is 85.0 cm³/mol. The maximum absolute atomic E-state index is 12.5. The first-order valence-electron chi connectivity index (χ1n) is 7.33. The van der Waals surface area contributed by atoms with E-state index in [2.05, 4.69) is 5.32 Å². The average molecular weight is 297 g/mol. The highest BCUT2D eigenvalue weighted by atomic mass is 16.3. The summed E-state index contributed by atoms with van der Waals surface area (Å²) in [5.74, 6) is 2.02. The molecule has 0 aliphatic rings. The molecule has 0 saturated carbocycles. The summed E-state index contributed by atoms with van der Waals surface area (Å²) in [6, 6.07) is 9.55. The summed E-state index contributed by atoms with van der Waals surface area (Å²) in [6.45, 7) is 7.47. The third-order valence-electron chi connectivity index (χ3n) is 4.01. The van der Waals surface area contributed by atoms with Crippen LogP contribution < -0.4 is 5.32 Å². The van der Waals surface area contributed by atoms with Gasteiger partial charge in [-0.05, 0) is 39.8 Å². The number of carbonyl (C=O) groups excluding carboxylic acids is 1. The highest BCUT2D eigenvalue weighted by molar-refractivity contribution is 5.97. The Morgan fingerprint density at radius 2 is 1.82 bits per heavy atom. The van der Waals surface area contributed by atoms with Crippen molar-refractivity contribution < 1.29 is 13.6 Å². The minimum atomic E-state index is -0.214. The van der Waals surface area contributed by atoms with Crippen LogP contribution in [0.3, 0.4) is 0 Å². The van der Waals surface area contributed by atoms with Crippen molar-refractivity contribution in [1.82, 2.24) is 5.32 Å². The van der Waals surface area contributed by atoms with Crippen molar-refractivity contribution in [1.29, 1.82) is 0 Å². The summed E-state index contributed by atoms with van der Waals surface area (Å²) in [5.41, 5.74) is 2.32. The van der Waals surface area contributed by atoms with Gasteiger partial charge in [-0.2, -0.15) is 0 Å². The SMILES string of the molecule is Cc1oc(C)c(C(=O)NC(C)c2cc3ccccc3o2)c1C. The minimum Gasteiger partial charge on any atom is -0.466 e. The molecule has 0 spiro atoms. The van der Waals surface area contributed by atoms with Gasteiger partial charge in [-0.25, -0.2) is 0 Å². The molecule has 0 aliphatic carbocycles. The number of amides is 1. The molecule has 2 heterocycles. The molecular weight excluding hydrogens is 278 g/mol. The zero-order chi connectivity index (χ0) is 15.9. The lowest BCUT2D eigenvalue weighted by molar-refractivity contribution is 0.0933. The number of rotatable bonds is 3. The maximum atomic E-state index is 12.5. The molecule has 1 N–H and O–H groups in total. The van der Waals surface area contributed by atoms with E-state index in [1.54, 1.807) is 6.92 Å². The topological polar surface area (TPSA) is 55.4 Å². The van der Waals surface area contributed by atoms with Crippen molar-refractivity contribution in [3.63, 3.8) is 0 Å². The summed E-state index contributed by atoms with van der Waals surface area (Å²) in [5, 5.41) is 4.01. The van der Waals surface area contributed by atoms with Gasteiger partial charge in [0, 0.05) is 10.9 Å². The van der Waals surface area contributed by atoms with Crippen LogP contribution in [0.4, 0.5) is 0 Å². The highest BCUT2D eigenvalue weighted by Crippen LogP contribution is 2.25. The van der Waals surface area contributed by atoms with Gasteiger partial charge in [0.1, 0.15) is 22.9 Å². The summed E-state index contributed by atoms with van der Waals surface area (Å²) in [6.07, 6.45) is 0. The summed E-state index contributed by atoms with van der Waals surface area (Å²) >= 11 is 0. The van der Waals surface area contributed by atoms with E-state index in [-0.39, 0.29) is 11.9 Å². The molecular formula is C18H19NO3. The van der Waals surface area contributed by atoms with Gasteiger partial charge in [-0.15, -0.1) is 0 Å².